The van der Waals surface area contributed by atoms with Crippen LogP contribution in [0.4, 0.5) is 21.0 Å². The number of aliphatic carboxylic acids is 2. The monoisotopic (exact) mass is 1030 g/mol. The number of rotatable bonds is 29. The number of hydrogen-bond acceptors (Lipinski definition) is 11. The standard InChI is InChI=1S/C51H68N10O13/c1-30-11-6-7-14-36(30)60-51(73)55-34-22-18-32(19-23-34)28-41(62)56-37(15-8-9-26-54-50(53)72)46(68)57-38(16-10-17-42(63)64)47(69)61-44(33-12-4-3-5-13-33)49(71)59-40(29-43(65)66)48(70)58-39(45(52)67)27-31-20-24-35(74-2)25-21-31/h6-7,11,14,18-25,33,37-40,44H,3-5,8-10,12-13,15-17,26-29H2,1-2H3,(H2,52,67)(H,56,62)(H,57,68)(H,58,70)(H,59,71)(H,61,69)(H,63,64)(H,65,66)(H3,53,54,72)(H2,55,60,73)/t37-,38-,39+,40-,44?/m0/s1. The molecule has 5 atom stereocenters. The Morgan fingerprint density at radius 3 is 1.85 bits per heavy atom. The number of para-hydroxylation sites is 1. The number of ether oxygens (including phenoxy) is 1. The van der Waals surface area contributed by atoms with Gasteiger partial charge in [0.1, 0.15) is 36.0 Å². The molecule has 400 valence electrons. The van der Waals surface area contributed by atoms with Crippen LogP contribution in [0.25, 0.3) is 0 Å². The maximum atomic E-state index is 14.3. The molecule has 3 aromatic carbocycles. The summed E-state index contributed by atoms with van der Waals surface area (Å²) < 4.78 is 5.16. The first kappa shape index (κ1) is 58.3. The number of primary amides is 2. The number of carbonyl (C=O) groups is 10. The maximum Gasteiger partial charge on any atom is 0.323 e. The van der Waals surface area contributed by atoms with Crippen LogP contribution in [0.5, 0.6) is 5.75 Å². The fourth-order valence-electron chi connectivity index (χ4n) is 8.34. The molecule has 0 radical (unpaired) electrons. The highest BCUT2D eigenvalue weighted by Crippen LogP contribution is 2.27. The Morgan fingerprint density at radius 2 is 1.23 bits per heavy atom. The highest BCUT2D eigenvalue weighted by atomic mass is 16.5. The SMILES string of the molecule is COc1ccc(C[C@@H](NC(=O)[C@H](CC(=O)O)NC(=O)C(NC(=O)[C@H](CCCC(=O)O)NC(=O)[C@H](CCCCNC(N)=O)NC(=O)Cc2ccc(NC(=O)Nc3ccccc3C)cc2)C2CCCCC2)C(N)=O)cc1. The molecule has 23 nitrogen and oxygen atoms in total. The summed E-state index contributed by atoms with van der Waals surface area (Å²) in [6.45, 7) is 2.02. The minimum atomic E-state index is -1.74. The van der Waals surface area contributed by atoms with Gasteiger partial charge in [0.15, 0.2) is 0 Å². The van der Waals surface area contributed by atoms with E-state index in [0.717, 1.165) is 12.0 Å². The van der Waals surface area contributed by atoms with E-state index in [4.69, 9.17) is 16.2 Å². The van der Waals surface area contributed by atoms with Gasteiger partial charge in [-0.3, -0.25) is 38.4 Å². The third kappa shape index (κ3) is 20.5. The number of unbranched alkanes of at least 4 members (excludes halogenated alkanes) is 1. The third-order valence-electron chi connectivity index (χ3n) is 12.3. The zero-order valence-corrected chi connectivity index (χ0v) is 41.5. The van der Waals surface area contributed by atoms with Crippen molar-refractivity contribution in [2.45, 2.75) is 127 Å². The molecule has 0 bridgehead atoms. The van der Waals surface area contributed by atoms with Crippen LogP contribution in [0.15, 0.2) is 72.8 Å². The Hall–Kier alpha value is -8.24. The predicted molar refractivity (Wildman–Crippen MR) is 271 cm³/mol. The molecule has 0 aliphatic heterocycles. The van der Waals surface area contributed by atoms with Crippen LogP contribution < -0.4 is 58.7 Å². The highest BCUT2D eigenvalue weighted by Gasteiger charge is 2.37. The number of carbonyl (C=O) groups excluding carboxylic acids is 8. The van der Waals surface area contributed by atoms with E-state index in [9.17, 15) is 58.2 Å². The van der Waals surface area contributed by atoms with E-state index in [-0.39, 0.29) is 51.5 Å². The summed E-state index contributed by atoms with van der Waals surface area (Å²) in [5, 5.41) is 40.1. The van der Waals surface area contributed by atoms with Crippen molar-refractivity contribution in [1.29, 1.82) is 0 Å². The van der Waals surface area contributed by atoms with Gasteiger partial charge in [-0.15, -0.1) is 0 Å². The van der Waals surface area contributed by atoms with Crippen molar-refractivity contribution in [2.24, 2.45) is 17.4 Å². The molecule has 1 aliphatic carbocycles. The number of hydrogen-bond donors (Lipinski definition) is 12. The van der Waals surface area contributed by atoms with Crippen LogP contribution in [0, 0.1) is 12.8 Å². The lowest BCUT2D eigenvalue weighted by Crippen LogP contribution is -2.61. The fraction of sp³-hybridized carbons (Fsp3) is 0.451. The van der Waals surface area contributed by atoms with Crippen molar-refractivity contribution in [3.8, 4) is 5.75 Å². The normalized spacial score (nSPS) is 14.2. The Morgan fingerprint density at radius 1 is 0.635 bits per heavy atom. The number of nitrogens with two attached hydrogens (primary N) is 2. The van der Waals surface area contributed by atoms with Crippen LogP contribution in [-0.2, 0) is 51.2 Å². The summed E-state index contributed by atoms with van der Waals surface area (Å²) in [5.41, 5.74) is 13.9. The first-order chi connectivity index (χ1) is 35.3. The number of carboxylic acids is 2. The van der Waals surface area contributed by atoms with Crippen molar-refractivity contribution < 1.29 is 62.9 Å². The van der Waals surface area contributed by atoms with Crippen molar-refractivity contribution in [3.63, 3.8) is 0 Å². The van der Waals surface area contributed by atoms with Crippen LogP contribution in [0.1, 0.15) is 93.7 Å². The highest BCUT2D eigenvalue weighted by molar-refractivity contribution is 6.00. The van der Waals surface area contributed by atoms with Gasteiger partial charge in [-0.25, -0.2) is 9.59 Å². The molecule has 74 heavy (non-hydrogen) atoms. The minimum Gasteiger partial charge on any atom is -0.497 e. The van der Waals surface area contributed by atoms with Crippen LogP contribution >= 0.6 is 0 Å². The Bertz CT molecular complexity index is 2430. The first-order valence-corrected chi connectivity index (χ1v) is 24.4. The average molecular weight is 1030 g/mol. The predicted octanol–water partition coefficient (Wildman–Crippen LogP) is 2.49. The van der Waals surface area contributed by atoms with E-state index in [1.54, 1.807) is 60.7 Å². The summed E-state index contributed by atoms with van der Waals surface area (Å²) in [4.78, 5) is 130. The largest absolute Gasteiger partial charge is 0.497 e. The molecule has 3 aromatic rings. The summed E-state index contributed by atoms with van der Waals surface area (Å²) in [7, 11) is 1.47. The Balaban J connectivity index is 1.51. The molecule has 23 heteroatoms. The van der Waals surface area contributed by atoms with E-state index in [1.165, 1.54) is 7.11 Å². The lowest BCUT2D eigenvalue weighted by molar-refractivity contribution is -0.141. The summed E-state index contributed by atoms with van der Waals surface area (Å²) in [6.07, 6.45) is 1.88. The topological polar surface area (TPSA) is 369 Å². The number of carboxylic acid groups (broad SMARTS) is 2. The molecule has 0 spiro atoms. The van der Waals surface area contributed by atoms with Gasteiger partial charge in [-0.2, -0.15) is 0 Å². The molecule has 0 saturated heterocycles. The van der Waals surface area contributed by atoms with Crippen molar-refractivity contribution >= 4 is 70.8 Å². The number of aryl methyl sites for hydroxylation is 1. The van der Waals surface area contributed by atoms with E-state index in [2.05, 4.69) is 42.5 Å². The number of amides is 10. The van der Waals surface area contributed by atoms with Crippen LogP contribution in [0.3, 0.4) is 0 Å². The second-order valence-corrected chi connectivity index (χ2v) is 18.1. The molecule has 0 heterocycles. The molecule has 1 saturated carbocycles. The van der Waals surface area contributed by atoms with Gasteiger partial charge < -0.3 is 69.0 Å². The van der Waals surface area contributed by atoms with Gasteiger partial charge in [-0.1, -0.05) is 61.7 Å². The fourth-order valence-corrected chi connectivity index (χ4v) is 8.34. The van der Waals surface area contributed by atoms with Crippen molar-refractivity contribution in [3.05, 3.63) is 89.5 Å². The Kier molecular flexibility index (Phi) is 23.6. The molecule has 1 aliphatic rings. The van der Waals surface area contributed by atoms with Crippen LogP contribution in [0.2, 0.25) is 0 Å². The number of nitrogens with one attached hydrogen (secondary N) is 8. The second-order valence-electron chi connectivity index (χ2n) is 18.1. The summed E-state index contributed by atoms with van der Waals surface area (Å²) in [5.74, 6) is -7.78. The molecule has 0 aromatic heterocycles. The average Bonchev–Trinajstić information content (AvgIpc) is 3.35. The number of urea groups is 2. The van der Waals surface area contributed by atoms with Crippen molar-refractivity contribution in [1.82, 2.24) is 31.9 Å². The summed E-state index contributed by atoms with van der Waals surface area (Å²) in [6, 6.07) is 11.9. The van der Waals surface area contributed by atoms with E-state index < -0.39 is 102 Å². The lowest BCUT2D eigenvalue weighted by Gasteiger charge is -2.32. The first-order valence-electron chi connectivity index (χ1n) is 24.4. The van der Waals surface area contributed by atoms with E-state index in [0.29, 0.717) is 60.4 Å². The smallest absolute Gasteiger partial charge is 0.323 e. The van der Waals surface area contributed by atoms with Gasteiger partial charge in [0.25, 0.3) is 0 Å². The van der Waals surface area contributed by atoms with Crippen molar-refractivity contribution in [2.75, 3.05) is 24.3 Å². The van der Waals surface area contributed by atoms with E-state index in [1.807, 2.05) is 19.1 Å². The molecular weight excluding hydrogens is 961 g/mol. The van der Waals surface area contributed by atoms with Crippen LogP contribution in [-0.4, -0.2) is 114 Å². The number of anilines is 2. The maximum absolute atomic E-state index is 14.3. The molecule has 14 N–H and O–H groups in total. The number of benzene rings is 3. The van der Waals surface area contributed by atoms with Gasteiger partial charge in [0.2, 0.25) is 35.4 Å². The number of methoxy groups -OCH3 is 1. The second kappa shape index (κ2) is 29.9. The molecule has 1 unspecified atom stereocenters. The molecule has 10 amide bonds. The minimum absolute atomic E-state index is 0.0250. The Labute approximate surface area is 428 Å². The van der Waals surface area contributed by atoms with Gasteiger partial charge in [0.05, 0.1) is 20.0 Å². The molecule has 4 rings (SSSR count). The third-order valence-corrected chi connectivity index (χ3v) is 12.3. The quantitative estimate of drug-likeness (QED) is 0.0445. The van der Waals surface area contributed by atoms with E-state index >= 15 is 0 Å². The van der Waals surface area contributed by atoms with Gasteiger partial charge in [0, 0.05) is 30.8 Å². The molecule has 1 fully saturated rings. The summed E-state index contributed by atoms with van der Waals surface area (Å²) >= 11 is 0. The molecular formula is C51H68N10O13. The van der Waals surface area contributed by atoms with Gasteiger partial charge in [-0.05, 0) is 105 Å². The van der Waals surface area contributed by atoms with Gasteiger partial charge >= 0.3 is 24.0 Å². The lowest BCUT2D eigenvalue weighted by atomic mass is 9.83. The zero-order valence-electron chi connectivity index (χ0n) is 41.5. The zero-order chi connectivity index (χ0) is 54.2.